The second-order valence-corrected chi connectivity index (χ2v) is 9.19. The second-order valence-electron chi connectivity index (χ2n) is 8.13. The van der Waals surface area contributed by atoms with Gasteiger partial charge in [-0.15, -0.1) is 15.3 Å². The van der Waals surface area contributed by atoms with E-state index in [-0.39, 0.29) is 25.8 Å². The van der Waals surface area contributed by atoms with Crippen LogP contribution in [0.5, 0.6) is 0 Å². The Kier molecular flexibility index (Phi) is 10.7. The van der Waals surface area contributed by atoms with Crippen molar-refractivity contribution in [3.05, 3.63) is 94.6 Å². The van der Waals surface area contributed by atoms with Crippen LogP contribution in [0.4, 0.5) is 10.9 Å². The Balaban J connectivity index is 0.00000380. The third-order valence-electron chi connectivity index (χ3n) is 5.33. The van der Waals surface area contributed by atoms with Crippen molar-refractivity contribution in [2.45, 2.75) is 38.2 Å². The summed E-state index contributed by atoms with van der Waals surface area (Å²) < 4.78 is 0. The fraction of sp³-hybridized carbons (Fsp3) is 0.231. The zero-order valence-electron chi connectivity index (χ0n) is 20.0. The average molecular weight is 537 g/mol. The molecule has 0 radical (unpaired) electrons. The minimum absolute atomic E-state index is 0. The van der Waals surface area contributed by atoms with Gasteiger partial charge < -0.3 is 10.4 Å². The molecule has 0 aliphatic rings. The van der Waals surface area contributed by atoms with Crippen LogP contribution in [0.25, 0.3) is 0 Å². The molecule has 0 unspecified atom stereocenters. The third kappa shape index (κ3) is 8.74. The summed E-state index contributed by atoms with van der Waals surface area (Å²) in [6.07, 6.45) is 2.24. The summed E-state index contributed by atoms with van der Waals surface area (Å²) >= 11 is 1.29. The number of amides is 2. The van der Waals surface area contributed by atoms with Gasteiger partial charge in [0.25, 0.3) is 5.91 Å². The summed E-state index contributed by atoms with van der Waals surface area (Å²) in [7, 11) is 0. The average Bonchev–Trinajstić information content (AvgIpc) is 3.35. The standard InChI is InChI=1S/C26H26N6O3S.H2S/c33-22(17-18-9-3-1-4-10-18)27-21-16-15-20(29-30-21)13-7-8-14-23-31-32-26(36-23)28-25(35)24(34)19-11-5-2-6-12-19;/h1-6,9-12,15-16,24,34H,7-8,13-14,17H2,(H,27,30,33)(H,28,32,35);1H2/t24-;/m1./s1. The molecule has 192 valence electrons. The molecule has 2 aromatic heterocycles. The predicted molar refractivity (Wildman–Crippen MR) is 148 cm³/mol. The molecule has 3 N–H and O–H groups in total. The minimum Gasteiger partial charge on any atom is -0.378 e. The smallest absolute Gasteiger partial charge is 0.259 e. The van der Waals surface area contributed by atoms with E-state index in [2.05, 4.69) is 31.0 Å². The third-order valence-corrected chi connectivity index (χ3v) is 6.23. The largest absolute Gasteiger partial charge is 0.378 e. The molecule has 0 bridgehead atoms. The number of carbonyl (C=O) groups excluding carboxylic acids is 2. The van der Waals surface area contributed by atoms with Crippen LogP contribution in [-0.2, 0) is 28.9 Å². The van der Waals surface area contributed by atoms with Crippen molar-refractivity contribution in [2.75, 3.05) is 10.6 Å². The number of aliphatic hydroxyl groups is 1. The van der Waals surface area contributed by atoms with Crippen LogP contribution in [-0.4, -0.2) is 37.3 Å². The highest BCUT2D eigenvalue weighted by Gasteiger charge is 2.18. The molecule has 2 aromatic carbocycles. The lowest BCUT2D eigenvalue weighted by Gasteiger charge is -2.09. The van der Waals surface area contributed by atoms with E-state index in [4.69, 9.17) is 0 Å². The Morgan fingerprint density at radius 3 is 2.22 bits per heavy atom. The number of aliphatic hydroxyl groups excluding tert-OH is 1. The van der Waals surface area contributed by atoms with Gasteiger partial charge in [0, 0.05) is 6.42 Å². The van der Waals surface area contributed by atoms with Gasteiger partial charge in [0.05, 0.1) is 12.1 Å². The summed E-state index contributed by atoms with van der Waals surface area (Å²) in [4.78, 5) is 24.4. The Hall–Kier alpha value is -3.67. The summed E-state index contributed by atoms with van der Waals surface area (Å²) in [6.45, 7) is 0. The number of unbranched alkanes of at least 4 members (excludes halogenated alkanes) is 1. The molecule has 2 heterocycles. The summed E-state index contributed by atoms with van der Waals surface area (Å²) in [5.74, 6) is -0.242. The van der Waals surface area contributed by atoms with Gasteiger partial charge in [0.2, 0.25) is 11.0 Å². The Morgan fingerprint density at radius 1 is 0.811 bits per heavy atom. The van der Waals surface area contributed by atoms with Crippen LogP contribution in [0.15, 0.2) is 72.8 Å². The lowest BCUT2D eigenvalue weighted by atomic mass is 10.1. The maximum absolute atomic E-state index is 12.2. The van der Waals surface area contributed by atoms with Crippen LogP contribution in [0.1, 0.15) is 40.8 Å². The van der Waals surface area contributed by atoms with E-state index < -0.39 is 12.0 Å². The number of aryl methyl sites for hydroxylation is 2. The highest BCUT2D eigenvalue weighted by molar-refractivity contribution is 7.59. The molecular weight excluding hydrogens is 508 g/mol. The van der Waals surface area contributed by atoms with Crippen molar-refractivity contribution in [2.24, 2.45) is 0 Å². The molecule has 9 nitrogen and oxygen atoms in total. The molecule has 0 aliphatic heterocycles. The van der Waals surface area contributed by atoms with Crippen molar-refractivity contribution in [3.8, 4) is 0 Å². The van der Waals surface area contributed by atoms with Gasteiger partial charge in [-0.1, -0.05) is 72.0 Å². The zero-order chi connectivity index (χ0) is 25.2. The number of hydrogen-bond donors (Lipinski definition) is 3. The summed E-state index contributed by atoms with van der Waals surface area (Å²) in [5, 5.41) is 33.1. The van der Waals surface area contributed by atoms with Gasteiger partial charge in [-0.05, 0) is 42.5 Å². The first-order chi connectivity index (χ1) is 17.6. The summed E-state index contributed by atoms with van der Waals surface area (Å²) in [5.41, 5.74) is 2.30. The van der Waals surface area contributed by atoms with Gasteiger partial charge in [0.1, 0.15) is 5.01 Å². The van der Waals surface area contributed by atoms with E-state index in [1.54, 1.807) is 30.3 Å². The van der Waals surface area contributed by atoms with E-state index in [0.29, 0.717) is 16.5 Å². The molecule has 0 saturated carbocycles. The van der Waals surface area contributed by atoms with Gasteiger partial charge >= 0.3 is 0 Å². The number of aromatic nitrogens is 4. The van der Waals surface area contributed by atoms with Gasteiger partial charge in [0.15, 0.2) is 11.9 Å². The predicted octanol–water partition coefficient (Wildman–Crippen LogP) is 3.86. The van der Waals surface area contributed by atoms with E-state index in [1.807, 2.05) is 42.5 Å². The zero-order valence-corrected chi connectivity index (χ0v) is 21.8. The number of hydrogen-bond acceptors (Lipinski definition) is 8. The second kappa shape index (κ2) is 14.2. The van der Waals surface area contributed by atoms with Gasteiger partial charge in [-0.2, -0.15) is 18.6 Å². The Morgan fingerprint density at radius 2 is 1.51 bits per heavy atom. The first-order valence-corrected chi connectivity index (χ1v) is 12.4. The van der Waals surface area contributed by atoms with Crippen molar-refractivity contribution < 1.29 is 14.7 Å². The van der Waals surface area contributed by atoms with Crippen molar-refractivity contribution in [1.82, 2.24) is 20.4 Å². The SMILES string of the molecule is O=C(Cc1ccccc1)Nc1ccc(CCCCc2nnc(NC(=O)[C@H](O)c3ccccc3)s2)nn1.S. The number of benzene rings is 2. The maximum Gasteiger partial charge on any atom is 0.259 e. The van der Waals surface area contributed by atoms with E-state index in [0.717, 1.165) is 41.9 Å². The Labute approximate surface area is 225 Å². The molecule has 4 aromatic rings. The topological polar surface area (TPSA) is 130 Å². The Bertz CT molecular complexity index is 1270. The minimum atomic E-state index is -1.26. The number of rotatable bonds is 11. The van der Waals surface area contributed by atoms with Gasteiger partial charge in [-0.25, -0.2) is 0 Å². The van der Waals surface area contributed by atoms with Crippen LogP contribution in [0.3, 0.4) is 0 Å². The van der Waals surface area contributed by atoms with Crippen LogP contribution < -0.4 is 10.6 Å². The molecule has 37 heavy (non-hydrogen) atoms. The van der Waals surface area contributed by atoms with Crippen LogP contribution in [0.2, 0.25) is 0 Å². The maximum atomic E-state index is 12.2. The number of nitrogens with one attached hydrogen (secondary N) is 2. The number of anilines is 2. The van der Waals surface area contributed by atoms with E-state index in [9.17, 15) is 14.7 Å². The first-order valence-electron chi connectivity index (χ1n) is 11.6. The molecular formula is C26H28N6O3S2. The highest BCUT2D eigenvalue weighted by atomic mass is 32.1. The lowest BCUT2D eigenvalue weighted by Crippen LogP contribution is -2.20. The fourth-order valence-corrected chi connectivity index (χ4v) is 4.26. The van der Waals surface area contributed by atoms with Crippen LogP contribution in [0, 0.1) is 0 Å². The van der Waals surface area contributed by atoms with E-state index in [1.165, 1.54) is 11.3 Å². The van der Waals surface area contributed by atoms with Crippen LogP contribution >= 0.6 is 24.8 Å². The molecule has 0 fully saturated rings. The monoisotopic (exact) mass is 536 g/mol. The van der Waals surface area contributed by atoms with Crippen molar-refractivity contribution in [3.63, 3.8) is 0 Å². The van der Waals surface area contributed by atoms with E-state index >= 15 is 0 Å². The first kappa shape index (κ1) is 27.9. The molecule has 2 amide bonds. The number of carbonyl (C=O) groups is 2. The lowest BCUT2D eigenvalue weighted by molar-refractivity contribution is -0.124. The normalized spacial score (nSPS) is 11.3. The quantitative estimate of drug-likeness (QED) is 0.248. The highest BCUT2D eigenvalue weighted by Crippen LogP contribution is 2.20. The molecule has 0 saturated heterocycles. The molecule has 0 aliphatic carbocycles. The molecule has 0 spiro atoms. The van der Waals surface area contributed by atoms with Crippen molar-refractivity contribution >= 4 is 47.6 Å². The van der Waals surface area contributed by atoms with Crippen molar-refractivity contribution in [1.29, 1.82) is 0 Å². The summed E-state index contributed by atoms with van der Waals surface area (Å²) in [6, 6.07) is 21.9. The molecule has 11 heteroatoms. The van der Waals surface area contributed by atoms with Gasteiger partial charge in [-0.3, -0.25) is 14.9 Å². The molecule has 1 atom stereocenters. The molecule has 4 rings (SSSR count). The number of nitrogens with zero attached hydrogens (tertiary/aromatic N) is 4. The fourth-order valence-electron chi connectivity index (χ4n) is 3.48.